The Kier molecular flexibility index (Phi) is 11.6. The minimum absolute atomic E-state index is 0. The van der Waals surface area contributed by atoms with Crippen molar-refractivity contribution in [1.29, 1.82) is 0 Å². The number of hydrogen-bond donors (Lipinski definition) is 1. The van der Waals surface area contributed by atoms with Crippen LogP contribution in [0.2, 0.25) is 0 Å². The van der Waals surface area contributed by atoms with Gasteiger partial charge in [-0.15, -0.1) is 0 Å². The first kappa shape index (κ1) is 20.2. The summed E-state index contributed by atoms with van der Waals surface area (Å²) < 4.78 is 32.5. The van der Waals surface area contributed by atoms with Crippen molar-refractivity contribution in [3.63, 3.8) is 0 Å². The molecule has 0 saturated heterocycles. The summed E-state index contributed by atoms with van der Waals surface area (Å²) in [5.74, 6) is 0. The van der Waals surface area contributed by atoms with E-state index in [9.17, 15) is 18.1 Å². The molecule has 0 saturated carbocycles. The molecule has 98 valence electrons. The van der Waals surface area contributed by atoms with Crippen molar-refractivity contribution in [2.24, 2.45) is 0 Å². The Morgan fingerprint density at radius 1 is 1.06 bits per heavy atom. The quantitative estimate of drug-likeness (QED) is 0.345. The fourth-order valence-corrected chi connectivity index (χ4v) is 2.41. The van der Waals surface area contributed by atoms with Crippen LogP contribution in [-0.4, -0.2) is 23.0 Å². The molecule has 0 amide bonds. The van der Waals surface area contributed by atoms with Crippen LogP contribution in [0.5, 0.6) is 0 Å². The molecular formula is C11H23NaO4S. The van der Waals surface area contributed by atoms with Crippen LogP contribution in [0.1, 0.15) is 65.2 Å². The molecule has 4 nitrogen and oxygen atoms in total. The van der Waals surface area contributed by atoms with E-state index in [0.717, 1.165) is 25.7 Å². The minimum Gasteiger partial charge on any atom is -0.746 e. The summed E-state index contributed by atoms with van der Waals surface area (Å²) in [4.78, 5) is -2.06. The standard InChI is InChI=1S/C11H24O4S.Na/c1-3-5-6-7-8-9-10-11(12,4-2)16(13,14)15;/h12H,3-10H2,1-2H3,(H,13,14,15);/q;+1/p-1. The molecule has 0 radical (unpaired) electrons. The van der Waals surface area contributed by atoms with E-state index >= 15 is 0 Å². The molecule has 6 heteroatoms. The molecule has 0 fully saturated rings. The minimum atomic E-state index is -4.61. The zero-order valence-electron chi connectivity index (χ0n) is 11.2. The van der Waals surface area contributed by atoms with Crippen LogP contribution in [0.3, 0.4) is 0 Å². The second-order valence-electron chi connectivity index (χ2n) is 4.27. The van der Waals surface area contributed by atoms with Crippen molar-refractivity contribution in [2.75, 3.05) is 0 Å². The zero-order valence-corrected chi connectivity index (χ0v) is 14.1. The third-order valence-electron chi connectivity index (χ3n) is 2.94. The van der Waals surface area contributed by atoms with Gasteiger partial charge in [0.05, 0.1) is 0 Å². The summed E-state index contributed by atoms with van der Waals surface area (Å²) in [5.41, 5.74) is 0. The van der Waals surface area contributed by atoms with Crippen LogP contribution in [0.4, 0.5) is 0 Å². The number of hydrogen-bond acceptors (Lipinski definition) is 4. The van der Waals surface area contributed by atoms with Crippen molar-refractivity contribution >= 4 is 10.1 Å². The third-order valence-corrected chi connectivity index (χ3v) is 4.36. The predicted octanol–water partition coefficient (Wildman–Crippen LogP) is -0.615. The summed E-state index contributed by atoms with van der Waals surface area (Å²) in [7, 11) is -4.61. The summed E-state index contributed by atoms with van der Waals surface area (Å²) in [6.07, 6.45) is 5.99. The van der Waals surface area contributed by atoms with Crippen molar-refractivity contribution in [3.8, 4) is 0 Å². The number of unbranched alkanes of at least 4 members (excludes halogenated alkanes) is 5. The van der Waals surface area contributed by atoms with Crippen molar-refractivity contribution in [1.82, 2.24) is 0 Å². The Balaban J connectivity index is 0. The smallest absolute Gasteiger partial charge is 0.746 e. The fraction of sp³-hybridized carbons (Fsp3) is 1.00. The van der Waals surface area contributed by atoms with Gasteiger partial charge >= 0.3 is 29.6 Å². The first-order valence-corrected chi connectivity index (χ1v) is 7.46. The van der Waals surface area contributed by atoms with Gasteiger partial charge in [0.25, 0.3) is 0 Å². The van der Waals surface area contributed by atoms with E-state index < -0.39 is 15.1 Å². The molecule has 17 heavy (non-hydrogen) atoms. The van der Waals surface area contributed by atoms with E-state index in [-0.39, 0.29) is 42.4 Å². The van der Waals surface area contributed by atoms with E-state index in [0.29, 0.717) is 6.42 Å². The van der Waals surface area contributed by atoms with Gasteiger partial charge in [-0.3, -0.25) is 0 Å². The molecule has 0 aliphatic heterocycles. The van der Waals surface area contributed by atoms with Crippen molar-refractivity contribution < 1.29 is 47.6 Å². The summed E-state index contributed by atoms with van der Waals surface area (Å²) >= 11 is 0. The Labute approximate surface area is 127 Å². The molecule has 0 spiro atoms. The average Bonchev–Trinajstić information content (AvgIpc) is 2.21. The van der Waals surface area contributed by atoms with Gasteiger partial charge < -0.3 is 9.66 Å². The maximum absolute atomic E-state index is 10.8. The molecule has 0 aromatic rings. The Morgan fingerprint density at radius 2 is 1.53 bits per heavy atom. The molecule has 0 bridgehead atoms. The molecule has 0 aromatic carbocycles. The molecule has 1 N–H and O–H groups in total. The van der Waals surface area contributed by atoms with Gasteiger partial charge in [-0.25, -0.2) is 8.42 Å². The molecule has 1 unspecified atom stereocenters. The SMILES string of the molecule is CCCCCCCCC(O)(CC)S(=O)(=O)[O-].[Na+]. The molecule has 0 heterocycles. The summed E-state index contributed by atoms with van der Waals surface area (Å²) in [5, 5.41) is 9.66. The number of rotatable bonds is 9. The first-order chi connectivity index (χ1) is 7.37. The monoisotopic (exact) mass is 274 g/mol. The first-order valence-electron chi connectivity index (χ1n) is 6.05. The van der Waals surface area contributed by atoms with E-state index in [1.807, 2.05) is 0 Å². The third kappa shape index (κ3) is 7.80. The second-order valence-corrected chi connectivity index (χ2v) is 5.94. The molecule has 1 atom stereocenters. The summed E-state index contributed by atoms with van der Waals surface area (Å²) in [6.45, 7) is 3.65. The predicted molar refractivity (Wildman–Crippen MR) is 62.9 cm³/mol. The van der Waals surface area contributed by atoms with Gasteiger partial charge in [0.2, 0.25) is 0 Å². The largest absolute Gasteiger partial charge is 1.00 e. The Hall–Kier alpha value is 0.870. The van der Waals surface area contributed by atoms with E-state index in [2.05, 4.69) is 6.92 Å². The molecule has 0 aliphatic rings. The van der Waals surface area contributed by atoms with Crippen LogP contribution >= 0.6 is 0 Å². The molecule has 0 rings (SSSR count). The van der Waals surface area contributed by atoms with Crippen LogP contribution < -0.4 is 29.6 Å². The van der Waals surface area contributed by atoms with Gasteiger partial charge in [0, 0.05) is 0 Å². The van der Waals surface area contributed by atoms with Gasteiger partial charge in [0.15, 0.2) is 4.93 Å². The second kappa shape index (κ2) is 9.75. The molecule has 0 aromatic heterocycles. The maximum Gasteiger partial charge on any atom is 1.00 e. The van der Waals surface area contributed by atoms with Crippen molar-refractivity contribution in [2.45, 2.75) is 70.1 Å². The normalized spacial score (nSPS) is 15.1. The van der Waals surface area contributed by atoms with Crippen LogP contribution in [0.25, 0.3) is 0 Å². The van der Waals surface area contributed by atoms with E-state index in [4.69, 9.17) is 0 Å². The van der Waals surface area contributed by atoms with Crippen LogP contribution in [0, 0.1) is 0 Å². The van der Waals surface area contributed by atoms with Gasteiger partial charge in [-0.2, -0.15) is 0 Å². The fourth-order valence-electron chi connectivity index (χ4n) is 1.66. The van der Waals surface area contributed by atoms with E-state index in [1.54, 1.807) is 0 Å². The van der Waals surface area contributed by atoms with Crippen LogP contribution in [0.15, 0.2) is 0 Å². The average molecular weight is 274 g/mol. The molecular weight excluding hydrogens is 251 g/mol. The van der Waals surface area contributed by atoms with E-state index in [1.165, 1.54) is 13.3 Å². The van der Waals surface area contributed by atoms with Gasteiger partial charge in [0.1, 0.15) is 10.1 Å². The van der Waals surface area contributed by atoms with Gasteiger partial charge in [-0.05, 0) is 19.3 Å². The topological polar surface area (TPSA) is 77.4 Å². The van der Waals surface area contributed by atoms with Crippen molar-refractivity contribution in [3.05, 3.63) is 0 Å². The van der Waals surface area contributed by atoms with Crippen LogP contribution in [-0.2, 0) is 10.1 Å². The zero-order chi connectivity index (χ0) is 12.7. The molecule has 0 aliphatic carbocycles. The summed E-state index contributed by atoms with van der Waals surface area (Å²) in [6, 6.07) is 0. The maximum atomic E-state index is 10.8. The van der Waals surface area contributed by atoms with Gasteiger partial charge in [-0.1, -0.05) is 46.0 Å². The Bertz CT molecular complexity index is 279. The Morgan fingerprint density at radius 3 is 1.94 bits per heavy atom. The number of aliphatic hydroxyl groups is 1.